The lowest BCUT2D eigenvalue weighted by Gasteiger charge is -2.45. The Bertz CT molecular complexity index is 1500. The van der Waals surface area contributed by atoms with Gasteiger partial charge in [0.1, 0.15) is 29.1 Å². The van der Waals surface area contributed by atoms with E-state index < -0.39 is 61.1 Å². The predicted octanol–water partition coefficient (Wildman–Crippen LogP) is 4.38. The largest absolute Gasteiger partial charge is 0.463 e. The monoisotopic (exact) mass is 598 g/mol. The van der Waals surface area contributed by atoms with Crippen LogP contribution in [0.3, 0.4) is 0 Å². The molecule has 1 aromatic carbocycles. The SMILES string of the molecule is CC(=O)OC[C@@H]1O[C@@H](n2c(C)c(N=Nc3ccccc3)c(C)c(C#N)c2=S)[C@H](OC(C)=O)[C@H](OC(C)=O)[C@@H]1OC(C)=O. The number of esters is 4. The zero-order chi connectivity index (χ0) is 31.1. The number of carbonyl (C=O) groups is 4. The van der Waals surface area contributed by atoms with Gasteiger partial charge in [-0.1, -0.05) is 30.4 Å². The summed E-state index contributed by atoms with van der Waals surface area (Å²) in [4.78, 5) is 48.3. The summed E-state index contributed by atoms with van der Waals surface area (Å²) in [5.74, 6) is -2.96. The lowest BCUT2D eigenvalue weighted by atomic mass is 9.96. The summed E-state index contributed by atoms with van der Waals surface area (Å²) in [6, 6.07) is 11.0. The average Bonchev–Trinajstić information content (AvgIpc) is 2.90. The quantitative estimate of drug-likeness (QED) is 0.183. The molecule has 222 valence electrons. The molecule has 14 heteroatoms. The maximum atomic E-state index is 12.3. The maximum Gasteiger partial charge on any atom is 0.303 e. The third-order valence-corrected chi connectivity index (χ3v) is 6.62. The van der Waals surface area contributed by atoms with Gasteiger partial charge < -0.3 is 28.3 Å². The Morgan fingerprint density at radius 1 is 0.905 bits per heavy atom. The van der Waals surface area contributed by atoms with Gasteiger partial charge in [0, 0.05) is 33.4 Å². The van der Waals surface area contributed by atoms with E-state index in [2.05, 4.69) is 16.3 Å². The second-order valence-corrected chi connectivity index (χ2v) is 9.73. The summed E-state index contributed by atoms with van der Waals surface area (Å²) in [6.45, 7) is 7.46. The maximum absolute atomic E-state index is 12.3. The van der Waals surface area contributed by atoms with Crippen molar-refractivity contribution < 1.29 is 42.9 Å². The van der Waals surface area contributed by atoms with Crippen LogP contribution in [0.1, 0.15) is 50.7 Å². The van der Waals surface area contributed by atoms with E-state index in [9.17, 15) is 24.4 Å². The highest BCUT2D eigenvalue weighted by molar-refractivity contribution is 7.71. The smallest absolute Gasteiger partial charge is 0.303 e. The fraction of sp³-hybridized carbons (Fsp3) is 0.429. The van der Waals surface area contributed by atoms with E-state index in [1.807, 2.05) is 6.07 Å². The number of azo groups is 1. The number of carbonyl (C=O) groups excluding carboxylic acids is 4. The van der Waals surface area contributed by atoms with Gasteiger partial charge in [-0.25, -0.2) is 0 Å². The first kappa shape index (κ1) is 32.0. The number of hydrogen-bond acceptors (Lipinski definition) is 13. The minimum atomic E-state index is -1.43. The number of rotatable bonds is 8. The fourth-order valence-corrected chi connectivity index (χ4v) is 4.98. The van der Waals surface area contributed by atoms with Gasteiger partial charge in [-0.05, 0) is 31.5 Å². The van der Waals surface area contributed by atoms with Crippen LogP contribution in [-0.2, 0) is 42.9 Å². The Morgan fingerprint density at radius 3 is 2.02 bits per heavy atom. The lowest BCUT2D eigenvalue weighted by molar-refractivity contribution is -0.269. The van der Waals surface area contributed by atoms with E-state index in [0.29, 0.717) is 16.9 Å². The van der Waals surface area contributed by atoms with Crippen molar-refractivity contribution in [1.82, 2.24) is 4.57 Å². The summed E-state index contributed by atoms with van der Waals surface area (Å²) in [7, 11) is 0. The van der Waals surface area contributed by atoms with Gasteiger partial charge in [-0.3, -0.25) is 19.2 Å². The van der Waals surface area contributed by atoms with Gasteiger partial charge in [0.2, 0.25) is 0 Å². The summed E-state index contributed by atoms with van der Waals surface area (Å²) in [5.41, 5.74) is 1.73. The highest BCUT2D eigenvalue weighted by Crippen LogP contribution is 2.39. The van der Waals surface area contributed by atoms with Crippen LogP contribution in [0.2, 0.25) is 0 Å². The molecule has 0 saturated carbocycles. The molecule has 0 bridgehead atoms. The first-order chi connectivity index (χ1) is 19.8. The van der Waals surface area contributed by atoms with Gasteiger partial charge in [-0.2, -0.15) is 10.4 Å². The van der Waals surface area contributed by atoms with Gasteiger partial charge in [0.25, 0.3) is 0 Å². The van der Waals surface area contributed by atoms with Crippen molar-refractivity contribution in [2.75, 3.05) is 6.61 Å². The molecule has 1 aliphatic rings. The van der Waals surface area contributed by atoms with Crippen LogP contribution in [0, 0.1) is 29.8 Å². The van der Waals surface area contributed by atoms with Gasteiger partial charge in [0.05, 0.1) is 11.3 Å². The molecule has 1 fully saturated rings. The summed E-state index contributed by atoms with van der Waals surface area (Å²) < 4.78 is 29.4. The predicted molar refractivity (Wildman–Crippen MR) is 147 cm³/mol. The van der Waals surface area contributed by atoms with E-state index in [4.69, 9.17) is 35.9 Å². The molecule has 3 rings (SSSR count). The molecule has 5 atom stereocenters. The van der Waals surface area contributed by atoms with Crippen molar-refractivity contribution in [3.63, 3.8) is 0 Å². The number of aromatic nitrogens is 1. The second kappa shape index (κ2) is 13.9. The van der Waals surface area contributed by atoms with Crippen LogP contribution in [0.15, 0.2) is 40.6 Å². The van der Waals surface area contributed by atoms with E-state index in [0.717, 1.165) is 20.8 Å². The average molecular weight is 599 g/mol. The minimum absolute atomic E-state index is 0.00654. The van der Waals surface area contributed by atoms with Gasteiger partial charge >= 0.3 is 23.9 Å². The third kappa shape index (κ3) is 7.42. The first-order valence-corrected chi connectivity index (χ1v) is 13.2. The van der Waals surface area contributed by atoms with Crippen LogP contribution < -0.4 is 0 Å². The molecule has 2 aromatic rings. The molecule has 42 heavy (non-hydrogen) atoms. The van der Waals surface area contributed by atoms with E-state index >= 15 is 0 Å². The highest BCUT2D eigenvalue weighted by Gasteiger charge is 2.53. The number of pyridine rings is 1. The molecule has 0 radical (unpaired) electrons. The summed E-state index contributed by atoms with van der Waals surface area (Å²) in [6.07, 6.45) is -6.75. The molecule has 13 nitrogen and oxygen atoms in total. The van der Waals surface area contributed by atoms with Crippen molar-refractivity contribution >= 4 is 47.5 Å². The molecule has 0 aliphatic carbocycles. The number of benzene rings is 1. The topological polar surface area (TPSA) is 168 Å². The Morgan fingerprint density at radius 2 is 1.48 bits per heavy atom. The number of hydrogen-bond donors (Lipinski definition) is 0. The molecule has 0 N–H and O–H groups in total. The van der Waals surface area contributed by atoms with E-state index in [1.165, 1.54) is 11.5 Å². The molecule has 1 saturated heterocycles. The van der Waals surface area contributed by atoms with Crippen molar-refractivity contribution in [2.45, 2.75) is 72.2 Å². The summed E-state index contributed by atoms with van der Waals surface area (Å²) >= 11 is 5.69. The van der Waals surface area contributed by atoms with Crippen molar-refractivity contribution in [3.8, 4) is 6.07 Å². The van der Waals surface area contributed by atoms with Crippen molar-refractivity contribution in [2.24, 2.45) is 10.2 Å². The highest BCUT2D eigenvalue weighted by atomic mass is 32.1. The fourth-order valence-electron chi connectivity index (χ4n) is 4.54. The van der Waals surface area contributed by atoms with Crippen molar-refractivity contribution in [1.29, 1.82) is 5.26 Å². The van der Waals surface area contributed by atoms with Crippen LogP contribution in [0.5, 0.6) is 0 Å². The lowest BCUT2D eigenvalue weighted by Crippen LogP contribution is -2.60. The second-order valence-electron chi connectivity index (χ2n) is 9.35. The van der Waals surface area contributed by atoms with E-state index in [1.54, 1.807) is 38.1 Å². The molecule has 1 aromatic heterocycles. The standard InChI is InChI=1S/C28H30N4O9S/c1-14-21(12-29)28(42)32(15(2)23(14)31-30-20-10-8-7-9-11-20)27-26(40-19(6)36)25(39-18(5)35)24(38-17(4)34)22(41-27)13-37-16(3)33/h7-11,22,24-27H,13H2,1-6H3/t22-,24+,25+,26+,27+/m0/s1. The molecule has 0 amide bonds. The molecular weight excluding hydrogens is 568 g/mol. The zero-order valence-corrected chi connectivity index (χ0v) is 24.7. The molecule has 2 heterocycles. The molecule has 1 aliphatic heterocycles. The van der Waals surface area contributed by atoms with Crippen LogP contribution in [0.4, 0.5) is 11.4 Å². The Kier molecular flexibility index (Phi) is 10.6. The summed E-state index contributed by atoms with van der Waals surface area (Å²) in [5, 5.41) is 18.7. The number of nitrogens with zero attached hydrogens (tertiary/aromatic N) is 4. The number of nitriles is 1. The molecule has 0 unspecified atom stereocenters. The number of ether oxygens (including phenoxy) is 5. The van der Waals surface area contributed by atoms with Crippen LogP contribution in [-0.4, -0.2) is 59.5 Å². The Hall–Kier alpha value is -4.48. The van der Waals surface area contributed by atoms with Crippen LogP contribution >= 0.6 is 12.2 Å². The molecule has 0 spiro atoms. The normalized spacial score (nSPS) is 21.7. The first-order valence-electron chi connectivity index (χ1n) is 12.8. The molecular formula is C28H30N4O9S. The zero-order valence-electron chi connectivity index (χ0n) is 23.9. The van der Waals surface area contributed by atoms with Gasteiger partial charge in [0.15, 0.2) is 24.5 Å². The van der Waals surface area contributed by atoms with Crippen molar-refractivity contribution in [3.05, 3.63) is 51.8 Å². The minimum Gasteiger partial charge on any atom is -0.463 e. The Balaban J connectivity index is 2.29. The third-order valence-electron chi connectivity index (χ3n) is 6.22. The van der Waals surface area contributed by atoms with E-state index in [-0.39, 0.29) is 15.9 Å². The van der Waals surface area contributed by atoms with Gasteiger partial charge in [-0.15, -0.1) is 5.11 Å². The van der Waals surface area contributed by atoms with Crippen LogP contribution in [0.25, 0.3) is 0 Å². The Labute approximate surface area is 247 Å².